The van der Waals surface area contributed by atoms with E-state index in [1.54, 1.807) is 0 Å². The summed E-state index contributed by atoms with van der Waals surface area (Å²) in [5.74, 6) is 0. The molecule has 0 unspecified atom stereocenters. The van der Waals surface area contributed by atoms with Gasteiger partial charge in [0, 0.05) is 32.7 Å². The van der Waals surface area contributed by atoms with E-state index in [-0.39, 0.29) is 5.56 Å². The number of nitrogens with zero attached hydrogens (tertiary/aromatic N) is 4. The lowest BCUT2D eigenvalue weighted by Crippen LogP contribution is -2.05. The van der Waals surface area contributed by atoms with E-state index in [4.69, 9.17) is 0 Å². The van der Waals surface area contributed by atoms with Crippen LogP contribution in [0.3, 0.4) is 0 Å². The molecule has 56 heavy (non-hydrogen) atoms. The van der Waals surface area contributed by atoms with Gasteiger partial charge in [0.25, 0.3) is 0 Å². The molecule has 9 aromatic rings. The van der Waals surface area contributed by atoms with Gasteiger partial charge in [-0.25, -0.2) is 0 Å². The van der Waals surface area contributed by atoms with Crippen LogP contribution in [-0.4, -0.2) is 9.13 Å². The molecule has 7 heteroatoms. The maximum absolute atomic E-state index is 13.8. The van der Waals surface area contributed by atoms with Crippen LogP contribution in [0.5, 0.6) is 0 Å². The van der Waals surface area contributed by atoms with E-state index in [9.17, 15) is 23.7 Å². The van der Waals surface area contributed by atoms with Crippen molar-refractivity contribution in [1.29, 1.82) is 10.5 Å². The molecule has 2 aromatic heterocycles. The highest BCUT2D eigenvalue weighted by molar-refractivity contribution is 6.12. The van der Waals surface area contributed by atoms with Crippen LogP contribution >= 0.6 is 0 Å². The van der Waals surface area contributed by atoms with Crippen molar-refractivity contribution in [2.24, 2.45) is 0 Å². The molecule has 9 rings (SSSR count). The van der Waals surface area contributed by atoms with E-state index in [0.29, 0.717) is 16.7 Å². The van der Waals surface area contributed by atoms with Crippen LogP contribution in [-0.2, 0) is 6.18 Å². The smallest absolute Gasteiger partial charge is 0.309 e. The van der Waals surface area contributed by atoms with E-state index in [1.807, 2.05) is 42.5 Å². The van der Waals surface area contributed by atoms with Gasteiger partial charge in [-0.3, -0.25) is 0 Å². The first-order valence-corrected chi connectivity index (χ1v) is 18.3. The Labute approximate surface area is 321 Å². The van der Waals surface area contributed by atoms with Gasteiger partial charge in [0.15, 0.2) is 0 Å². The van der Waals surface area contributed by atoms with Gasteiger partial charge in [0.2, 0.25) is 0 Å². The molecule has 0 aliphatic heterocycles. The van der Waals surface area contributed by atoms with Gasteiger partial charge in [-0.2, -0.15) is 23.7 Å². The van der Waals surface area contributed by atoms with Gasteiger partial charge in [-0.05, 0) is 130 Å². The van der Waals surface area contributed by atoms with E-state index in [1.165, 1.54) is 6.07 Å². The molecule has 0 N–H and O–H groups in total. The van der Waals surface area contributed by atoms with Gasteiger partial charge in [-0.15, -0.1) is 0 Å². The van der Waals surface area contributed by atoms with Crippen molar-refractivity contribution in [3.8, 4) is 45.8 Å². The predicted octanol–water partition coefficient (Wildman–Crippen LogP) is 13.2. The SMILES string of the molecule is Cc1ccc2c(c1)c1cc(C)ccc1n2-c1ccc(C#N)cc1-c1cc(-c2ccc(C(F)(F)F)cc2C#N)ccc1-n1c2ccc(C)cc2c2cc(C)ccc21. The highest BCUT2D eigenvalue weighted by atomic mass is 19.4. The number of benzene rings is 7. The Kier molecular flexibility index (Phi) is 7.90. The number of hydrogen-bond donors (Lipinski definition) is 0. The second-order valence-corrected chi connectivity index (χ2v) is 14.7. The summed E-state index contributed by atoms with van der Waals surface area (Å²) >= 11 is 0. The number of rotatable bonds is 4. The van der Waals surface area contributed by atoms with Crippen molar-refractivity contribution in [3.63, 3.8) is 0 Å². The third-order valence-corrected chi connectivity index (χ3v) is 10.8. The van der Waals surface area contributed by atoms with E-state index in [2.05, 4.69) is 116 Å². The van der Waals surface area contributed by atoms with Crippen molar-refractivity contribution >= 4 is 43.6 Å². The van der Waals surface area contributed by atoms with Crippen molar-refractivity contribution in [2.45, 2.75) is 33.9 Å². The van der Waals surface area contributed by atoms with Gasteiger partial charge in [-0.1, -0.05) is 58.7 Å². The van der Waals surface area contributed by atoms with Crippen LogP contribution in [0.1, 0.15) is 38.9 Å². The van der Waals surface area contributed by atoms with Gasteiger partial charge < -0.3 is 9.13 Å². The zero-order chi connectivity index (χ0) is 39.0. The van der Waals surface area contributed by atoms with Crippen molar-refractivity contribution in [1.82, 2.24) is 9.13 Å². The lowest BCUT2D eigenvalue weighted by atomic mass is 9.92. The molecule has 0 saturated carbocycles. The minimum Gasteiger partial charge on any atom is -0.309 e. The Morgan fingerprint density at radius 2 is 0.893 bits per heavy atom. The van der Waals surface area contributed by atoms with Gasteiger partial charge in [0.05, 0.1) is 62.3 Å². The molecule has 2 heterocycles. The molecular formula is C49H33F3N4. The van der Waals surface area contributed by atoms with E-state index in [0.717, 1.165) is 100 Å². The standard InChI is InChI=1S/C49H33F3N4/c1-28-5-13-43-37(19-28)38-20-29(2)6-14-44(38)55(43)47-17-9-32(26-53)23-41(47)42-25-33(36-12-11-35(49(50,51)52)24-34(36)27-54)10-18-48(42)56-45-15-7-30(3)21-39(45)40-22-31(4)8-16-46(40)56/h5-25H,1-4H3. The van der Waals surface area contributed by atoms with Crippen molar-refractivity contribution < 1.29 is 13.2 Å². The molecule has 0 saturated heterocycles. The lowest BCUT2D eigenvalue weighted by Gasteiger charge is -2.20. The van der Waals surface area contributed by atoms with Crippen LogP contribution in [0, 0.1) is 50.4 Å². The highest BCUT2D eigenvalue weighted by Gasteiger charge is 2.31. The first kappa shape index (κ1) is 34.7. The Morgan fingerprint density at radius 1 is 0.446 bits per heavy atom. The third-order valence-electron chi connectivity index (χ3n) is 10.8. The molecule has 0 spiro atoms. The van der Waals surface area contributed by atoms with Gasteiger partial charge in [0.1, 0.15) is 0 Å². The fourth-order valence-electron chi connectivity index (χ4n) is 8.22. The largest absolute Gasteiger partial charge is 0.416 e. The zero-order valence-electron chi connectivity index (χ0n) is 31.0. The second kappa shape index (κ2) is 12.8. The maximum atomic E-state index is 13.8. The summed E-state index contributed by atoms with van der Waals surface area (Å²) in [5, 5.41) is 24.9. The summed E-state index contributed by atoms with van der Waals surface area (Å²) < 4.78 is 45.9. The molecule has 4 nitrogen and oxygen atoms in total. The molecule has 0 fully saturated rings. The summed E-state index contributed by atoms with van der Waals surface area (Å²) in [5.41, 5.74) is 12.1. The topological polar surface area (TPSA) is 57.4 Å². The molecule has 0 radical (unpaired) electrons. The number of hydrogen-bond acceptors (Lipinski definition) is 2. The minimum atomic E-state index is -4.60. The number of alkyl halides is 3. The first-order chi connectivity index (χ1) is 26.9. The Morgan fingerprint density at radius 3 is 1.32 bits per heavy atom. The fraction of sp³-hybridized carbons (Fsp3) is 0.102. The average Bonchev–Trinajstić information content (AvgIpc) is 3.67. The Hall–Kier alpha value is -7.09. The number of aromatic nitrogens is 2. The molecule has 0 atom stereocenters. The summed E-state index contributed by atoms with van der Waals surface area (Å²) in [7, 11) is 0. The third kappa shape index (κ3) is 5.51. The summed E-state index contributed by atoms with van der Waals surface area (Å²) in [4.78, 5) is 0. The Bertz CT molecular complexity index is 3080. The average molecular weight is 735 g/mol. The molecule has 270 valence electrons. The zero-order valence-corrected chi connectivity index (χ0v) is 31.0. The van der Waals surface area contributed by atoms with Gasteiger partial charge >= 0.3 is 6.18 Å². The monoisotopic (exact) mass is 734 g/mol. The Balaban J connectivity index is 1.43. The number of fused-ring (bicyclic) bond motifs is 6. The van der Waals surface area contributed by atoms with Crippen molar-refractivity contribution in [2.75, 3.05) is 0 Å². The van der Waals surface area contributed by atoms with Crippen LogP contribution in [0.2, 0.25) is 0 Å². The normalized spacial score (nSPS) is 11.8. The van der Waals surface area contributed by atoms with Crippen LogP contribution in [0.4, 0.5) is 13.2 Å². The molecule has 0 aliphatic carbocycles. The van der Waals surface area contributed by atoms with Crippen molar-refractivity contribution in [3.05, 3.63) is 166 Å². The molecule has 0 aliphatic rings. The van der Waals surface area contributed by atoms with Crippen LogP contribution in [0.25, 0.3) is 77.2 Å². The molecular weight excluding hydrogens is 702 g/mol. The lowest BCUT2D eigenvalue weighted by molar-refractivity contribution is -0.137. The number of halogens is 3. The number of nitriles is 2. The predicted molar refractivity (Wildman–Crippen MR) is 219 cm³/mol. The van der Waals surface area contributed by atoms with Crippen LogP contribution < -0.4 is 0 Å². The maximum Gasteiger partial charge on any atom is 0.416 e. The quantitative estimate of drug-likeness (QED) is 0.181. The van der Waals surface area contributed by atoms with Crippen LogP contribution in [0.15, 0.2) is 127 Å². The number of aryl methyl sites for hydroxylation is 4. The summed E-state index contributed by atoms with van der Waals surface area (Å²) in [6.45, 7) is 8.30. The second-order valence-electron chi connectivity index (χ2n) is 14.7. The first-order valence-electron chi connectivity index (χ1n) is 18.3. The summed E-state index contributed by atoms with van der Waals surface area (Å²) in [6, 6.07) is 44.7. The molecule has 0 amide bonds. The molecule has 0 bridgehead atoms. The van der Waals surface area contributed by atoms with E-state index < -0.39 is 11.7 Å². The summed E-state index contributed by atoms with van der Waals surface area (Å²) in [6.07, 6.45) is -4.60. The minimum absolute atomic E-state index is 0.0829. The highest BCUT2D eigenvalue weighted by Crippen LogP contribution is 2.44. The molecule has 7 aromatic carbocycles. The fourth-order valence-corrected chi connectivity index (χ4v) is 8.22. The van der Waals surface area contributed by atoms with E-state index >= 15 is 0 Å².